The molecule has 0 radical (unpaired) electrons. The first-order valence-corrected chi connectivity index (χ1v) is 10.3. The summed E-state index contributed by atoms with van der Waals surface area (Å²) in [7, 11) is 0. The van der Waals surface area contributed by atoms with E-state index in [0.29, 0.717) is 0 Å². The molecule has 0 aliphatic rings. The molecule has 0 fully saturated rings. The van der Waals surface area contributed by atoms with E-state index in [1.807, 2.05) is 0 Å². The Labute approximate surface area is 185 Å². The largest absolute Gasteiger partial charge is 0.480 e. The number of nitro groups is 1. The van der Waals surface area contributed by atoms with Crippen molar-refractivity contribution in [2.45, 2.75) is 24.9 Å². The van der Waals surface area contributed by atoms with Crippen molar-refractivity contribution < 1.29 is 39.1 Å². The van der Waals surface area contributed by atoms with Gasteiger partial charge in [0, 0.05) is 29.9 Å². The molecule has 32 heavy (non-hydrogen) atoms. The van der Waals surface area contributed by atoms with Crippen molar-refractivity contribution in [1.82, 2.24) is 10.6 Å². The Morgan fingerprint density at radius 2 is 1.75 bits per heavy atom. The number of nitrogens with zero attached hydrogens (tertiary/aromatic N) is 1. The van der Waals surface area contributed by atoms with Crippen LogP contribution in [0.5, 0.6) is 0 Å². The number of carbonyl (C=O) groups is 5. The second-order valence-corrected chi connectivity index (χ2v) is 7.49. The number of nitrogens with one attached hydrogen (secondary N) is 2. The smallest absolute Gasteiger partial charge is 0.322 e. The molecule has 14 heteroatoms. The number of hydrogen-bond donors (Lipinski definition) is 5. The van der Waals surface area contributed by atoms with Gasteiger partial charge in [0.15, 0.2) is 5.78 Å². The van der Waals surface area contributed by atoms with E-state index in [-0.39, 0.29) is 41.4 Å². The number of aliphatic carboxylic acids is 2. The molecule has 0 saturated carbocycles. The molecule has 0 bridgehead atoms. The third-order valence-electron chi connectivity index (χ3n) is 3.98. The summed E-state index contributed by atoms with van der Waals surface area (Å²) < 4.78 is 0. The van der Waals surface area contributed by atoms with Gasteiger partial charge in [0.25, 0.3) is 5.69 Å². The fourth-order valence-electron chi connectivity index (χ4n) is 2.27. The van der Waals surface area contributed by atoms with Gasteiger partial charge in [-0.3, -0.25) is 34.1 Å². The Morgan fingerprint density at radius 3 is 2.28 bits per heavy atom. The predicted molar refractivity (Wildman–Crippen MR) is 112 cm³/mol. The second-order valence-electron chi connectivity index (χ2n) is 6.46. The number of carbonyl (C=O) groups excluding carboxylic acids is 3. The zero-order chi connectivity index (χ0) is 24.3. The van der Waals surface area contributed by atoms with Crippen LogP contribution in [0.4, 0.5) is 5.69 Å². The first-order valence-electron chi connectivity index (χ1n) is 9.14. The molecule has 1 aromatic carbocycles. The molecule has 174 valence electrons. The minimum Gasteiger partial charge on any atom is -0.480 e. The lowest BCUT2D eigenvalue weighted by Gasteiger charge is -2.18. The molecule has 13 nitrogen and oxygen atoms in total. The van der Waals surface area contributed by atoms with Crippen molar-refractivity contribution in [2.75, 3.05) is 18.1 Å². The van der Waals surface area contributed by atoms with E-state index in [1.54, 1.807) is 0 Å². The van der Waals surface area contributed by atoms with Crippen molar-refractivity contribution >= 4 is 47.0 Å². The van der Waals surface area contributed by atoms with E-state index in [4.69, 9.17) is 15.9 Å². The van der Waals surface area contributed by atoms with Crippen molar-refractivity contribution in [3.8, 4) is 0 Å². The maximum atomic E-state index is 12.2. The molecular weight excluding hydrogens is 448 g/mol. The number of benzene rings is 1. The van der Waals surface area contributed by atoms with Crippen LogP contribution in [-0.4, -0.2) is 74.8 Å². The quantitative estimate of drug-likeness (QED) is 0.131. The monoisotopic (exact) mass is 470 g/mol. The minimum atomic E-state index is -1.29. The third kappa shape index (κ3) is 9.53. The number of rotatable bonds is 14. The molecule has 1 rings (SSSR count). The summed E-state index contributed by atoms with van der Waals surface area (Å²) >= 11 is 0.983. The topological polar surface area (TPSA) is 219 Å². The summed E-state index contributed by atoms with van der Waals surface area (Å²) in [5, 5.41) is 32.6. The van der Waals surface area contributed by atoms with Crippen molar-refractivity contribution in [1.29, 1.82) is 0 Å². The van der Waals surface area contributed by atoms with E-state index in [1.165, 1.54) is 24.3 Å². The summed E-state index contributed by atoms with van der Waals surface area (Å²) in [5.74, 6) is -4.60. The minimum absolute atomic E-state index is 0.0824. The van der Waals surface area contributed by atoms with Gasteiger partial charge >= 0.3 is 11.9 Å². The summed E-state index contributed by atoms with van der Waals surface area (Å²) in [5.41, 5.74) is 5.38. The van der Waals surface area contributed by atoms with Gasteiger partial charge in [-0.15, -0.1) is 0 Å². The lowest BCUT2D eigenvalue weighted by Crippen LogP contribution is -2.49. The van der Waals surface area contributed by atoms with Crippen LogP contribution in [-0.2, 0) is 19.2 Å². The molecule has 0 aromatic heterocycles. The van der Waals surface area contributed by atoms with Crippen molar-refractivity contribution in [3.05, 3.63) is 39.9 Å². The number of carboxylic acids is 2. The molecule has 2 unspecified atom stereocenters. The standard InChI is InChI=1S/C18H22N4O9S/c19-12(18(28)29)5-6-15(24)21-13(17(27)20-7-16(25)26)8-32-9-14(23)10-1-3-11(4-2-10)22(30)31/h1-4,12-13H,5-9,19H2,(H,20,27)(H,21,24)(H,25,26)(H,28,29). The third-order valence-corrected chi connectivity index (χ3v) is 5.02. The summed E-state index contributed by atoms with van der Waals surface area (Å²) in [6.07, 6.45) is -0.445. The van der Waals surface area contributed by atoms with Crippen LogP contribution < -0.4 is 16.4 Å². The fourth-order valence-corrected chi connectivity index (χ4v) is 3.21. The van der Waals surface area contributed by atoms with Crippen LogP contribution in [0, 0.1) is 10.1 Å². The van der Waals surface area contributed by atoms with Gasteiger partial charge in [-0.05, 0) is 18.6 Å². The lowest BCUT2D eigenvalue weighted by atomic mass is 10.1. The molecule has 1 aromatic rings. The number of nitro benzene ring substituents is 1. The first kappa shape index (κ1) is 26.5. The Hall–Kier alpha value is -3.52. The number of Topliss-reactive ketones (excluding diaryl/α,β-unsaturated/α-hetero) is 1. The van der Waals surface area contributed by atoms with Crippen LogP contribution >= 0.6 is 11.8 Å². The average molecular weight is 470 g/mol. The molecule has 2 atom stereocenters. The van der Waals surface area contributed by atoms with Gasteiger partial charge in [-0.2, -0.15) is 11.8 Å². The summed E-state index contributed by atoms with van der Waals surface area (Å²) in [4.78, 5) is 67.9. The highest BCUT2D eigenvalue weighted by Gasteiger charge is 2.23. The Kier molecular flexibility index (Phi) is 10.8. The van der Waals surface area contributed by atoms with Crippen LogP contribution in [0.1, 0.15) is 23.2 Å². The van der Waals surface area contributed by atoms with Crippen molar-refractivity contribution in [3.63, 3.8) is 0 Å². The van der Waals surface area contributed by atoms with E-state index in [2.05, 4.69) is 10.6 Å². The maximum Gasteiger partial charge on any atom is 0.322 e. The van der Waals surface area contributed by atoms with Crippen LogP contribution in [0.15, 0.2) is 24.3 Å². The van der Waals surface area contributed by atoms with Gasteiger partial charge in [-0.25, -0.2) is 0 Å². The number of thioether (sulfide) groups is 1. The number of ketones is 1. The summed E-state index contributed by atoms with van der Waals surface area (Å²) in [6, 6.07) is 2.52. The number of hydrogen-bond acceptors (Lipinski definition) is 9. The lowest BCUT2D eigenvalue weighted by molar-refractivity contribution is -0.384. The highest BCUT2D eigenvalue weighted by atomic mass is 32.2. The van der Waals surface area contributed by atoms with Gasteiger partial charge < -0.3 is 26.6 Å². The van der Waals surface area contributed by atoms with Gasteiger partial charge in [0.2, 0.25) is 11.8 Å². The average Bonchev–Trinajstić information content (AvgIpc) is 2.74. The highest BCUT2D eigenvalue weighted by Crippen LogP contribution is 2.14. The van der Waals surface area contributed by atoms with E-state index < -0.39 is 47.3 Å². The molecule has 0 saturated heterocycles. The fraction of sp³-hybridized carbons (Fsp3) is 0.389. The zero-order valence-electron chi connectivity index (χ0n) is 16.7. The SMILES string of the molecule is NC(CCC(=O)NC(CSCC(=O)c1ccc([N+](=O)[O-])cc1)C(=O)NCC(=O)O)C(=O)O. The molecule has 0 heterocycles. The zero-order valence-corrected chi connectivity index (χ0v) is 17.5. The molecule has 0 aliphatic heterocycles. The Balaban J connectivity index is 2.67. The Bertz CT molecular complexity index is 876. The predicted octanol–water partition coefficient (Wildman–Crippen LogP) is -0.612. The van der Waals surface area contributed by atoms with E-state index in [9.17, 15) is 34.1 Å². The molecule has 0 spiro atoms. The van der Waals surface area contributed by atoms with E-state index >= 15 is 0 Å². The molecular formula is C18H22N4O9S. The van der Waals surface area contributed by atoms with Crippen molar-refractivity contribution in [2.24, 2.45) is 5.73 Å². The Morgan fingerprint density at radius 1 is 1.12 bits per heavy atom. The van der Waals surface area contributed by atoms with Gasteiger partial charge in [0.1, 0.15) is 18.6 Å². The van der Waals surface area contributed by atoms with Crippen LogP contribution in [0.25, 0.3) is 0 Å². The normalized spacial score (nSPS) is 12.3. The van der Waals surface area contributed by atoms with Crippen LogP contribution in [0.3, 0.4) is 0 Å². The molecule has 0 aliphatic carbocycles. The maximum absolute atomic E-state index is 12.2. The van der Waals surface area contributed by atoms with Gasteiger partial charge in [-0.1, -0.05) is 0 Å². The summed E-state index contributed by atoms with van der Waals surface area (Å²) in [6.45, 7) is -0.679. The van der Waals surface area contributed by atoms with Gasteiger partial charge in [0.05, 0.1) is 10.7 Å². The van der Waals surface area contributed by atoms with E-state index in [0.717, 1.165) is 11.8 Å². The highest BCUT2D eigenvalue weighted by molar-refractivity contribution is 8.00. The number of amides is 2. The number of carboxylic acid groups (broad SMARTS) is 2. The first-order chi connectivity index (χ1) is 15.0. The van der Waals surface area contributed by atoms with Crippen LogP contribution in [0.2, 0.25) is 0 Å². The molecule has 2 amide bonds. The second kappa shape index (κ2) is 13.0. The number of nitrogens with two attached hydrogens (primary N) is 1. The molecule has 6 N–H and O–H groups in total. The number of non-ortho nitro benzene ring substituents is 1.